The summed E-state index contributed by atoms with van der Waals surface area (Å²) < 4.78 is 0. The normalized spacial score (nSPS) is 10.6. The first kappa shape index (κ1) is 10.9. The van der Waals surface area contributed by atoms with Crippen molar-refractivity contribution >= 4 is 0 Å². The number of aryl methyl sites for hydroxylation is 1. The lowest BCUT2D eigenvalue weighted by molar-refractivity contribution is 0.707. The average Bonchev–Trinajstić information content (AvgIpc) is 2.79. The molecule has 2 N–H and O–H groups in total. The Balaban J connectivity index is 2.02. The zero-order chi connectivity index (χ0) is 11.2. The molecule has 0 aliphatic heterocycles. The molecule has 3 heteroatoms. The van der Waals surface area contributed by atoms with Crippen molar-refractivity contribution in [1.82, 2.24) is 15.3 Å². The van der Waals surface area contributed by atoms with Gasteiger partial charge in [0, 0.05) is 6.42 Å². The number of benzene rings is 1. The molecular weight excluding hydrogens is 198 g/mol. The second-order valence-corrected chi connectivity index (χ2v) is 3.82. The summed E-state index contributed by atoms with van der Waals surface area (Å²) in [6, 6.07) is 10.3. The fourth-order valence-corrected chi connectivity index (χ4v) is 1.69. The maximum absolute atomic E-state index is 4.38. The first-order valence-corrected chi connectivity index (χ1v) is 5.64. The minimum absolute atomic E-state index is 0.994. The van der Waals surface area contributed by atoms with E-state index in [1.165, 1.54) is 5.56 Å². The van der Waals surface area contributed by atoms with E-state index in [1.54, 1.807) is 0 Å². The molecule has 0 fully saturated rings. The van der Waals surface area contributed by atoms with Crippen LogP contribution in [0.3, 0.4) is 0 Å². The van der Waals surface area contributed by atoms with Gasteiger partial charge in [-0.1, -0.05) is 30.3 Å². The summed E-state index contributed by atoms with van der Waals surface area (Å²) in [5.41, 5.74) is 2.29. The molecular formula is C13H17N3. The lowest BCUT2D eigenvalue weighted by atomic mass is 10.2. The number of aromatic nitrogens is 2. The van der Waals surface area contributed by atoms with E-state index >= 15 is 0 Å². The molecule has 1 aromatic carbocycles. The van der Waals surface area contributed by atoms with Crippen molar-refractivity contribution in [3.63, 3.8) is 0 Å². The Morgan fingerprint density at radius 2 is 2.06 bits per heavy atom. The SMILES string of the molecule is CNCCCc1ncc(-c2ccccc2)[nH]1. The minimum Gasteiger partial charge on any atom is -0.342 e. The van der Waals surface area contributed by atoms with Crippen molar-refractivity contribution < 1.29 is 0 Å². The van der Waals surface area contributed by atoms with Gasteiger partial charge >= 0.3 is 0 Å². The van der Waals surface area contributed by atoms with Crippen LogP contribution in [0, 0.1) is 0 Å². The Labute approximate surface area is 95.9 Å². The Hall–Kier alpha value is -1.61. The summed E-state index contributed by atoms with van der Waals surface area (Å²) in [5.74, 6) is 1.06. The van der Waals surface area contributed by atoms with Crippen molar-refractivity contribution in [2.45, 2.75) is 12.8 Å². The zero-order valence-electron chi connectivity index (χ0n) is 9.53. The molecule has 0 radical (unpaired) electrons. The molecule has 16 heavy (non-hydrogen) atoms. The van der Waals surface area contributed by atoms with E-state index in [9.17, 15) is 0 Å². The smallest absolute Gasteiger partial charge is 0.106 e. The van der Waals surface area contributed by atoms with Crippen molar-refractivity contribution in [3.8, 4) is 11.3 Å². The van der Waals surface area contributed by atoms with Gasteiger partial charge in [0.2, 0.25) is 0 Å². The van der Waals surface area contributed by atoms with Gasteiger partial charge in [-0.15, -0.1) is 0 Å². The summed E-state index contributed by atoms with van der Waals surface area (Å²) >= 11 is 0. The lowest BCUT2D eigenvalue weighted by Gasteiger charge is -1.97. The van der Waals surface area contributed by atoms with Gasteiger partial charge in [0.1, 0.15) is 5.82 Å². The molecule has 0 saturated heterocycles. The van der Waals surface area contributed by atoms with Crippen molar-refractivity contribution in [2.24, 2.45) is 0 Å². The molecule has 0 spiro atoms. The Bertz CT molecular complexity index is 420. The Morgan fingerprint density at radius 1 is 1.25 bits per heavy atom. The molecule has 0 aliphatic rings. The average molecular weight is 215 g/mol. The number of H-pyrrole nitrogens is 1. The number of aromatic amines is 1. The second kappa shape index (κ2) is 5.47. The summed E-state index contributed by atoms with van der Waals surface area (Å²) in [6.07, 6.45) is 4.01. The molecule has 2 aromatic rings. The predicted molar refractivity (Wildman–Crippen MR) is 66.3 cm³/mol. The van der Waals surface area contributed by atoms with Gasteiger partial charge in [-0.3, -0.25) is 0 Å². The van der Waals surface area contributed by atoms with Gasteiger partial charge in [-0.05, 0) is 25.6 Å². The third-order valence-corrected chi connectivity index (χ3v) is 2.55. The van der Waals surface area contributed by atoms with Gasteiger partial charge in [-0.2, -0.15) is 0 Å². The van der Waals surface area contributed by atoms with E-state index in [1.807, 2.05) is 31.4 Å². The highest BCUT2D eigenvalue weighted by molar-refractivity contribution is 5.57. The van der Waals surface area contributed by atoms with E-state index in [4.69, 9.17) is 0 Å². The largest absolute Gasteiger partial charge is 0.342 e. The molecule has 0 bridgehead atoms. The number of rotatable bonds is 5. The molecule has 0 saturated carbocycles. The van der Waals surface area contributed by atoms with Crippen LogP contribution in [0.2, 0.25) is 0 Å². The van der Waals surface area contributed by atoms with Crippen LogP contribution in [0.25, 0.3) is 11.3 Å². The highest BCUT2D eigenvalue weighted by Gasteiger charge is 2.01. The monoisotopic (exact) mass is 215 g/mol. The fraction of sp³-hybridized carbons (Fsp3) is 0.308. The molecule has 3 nitrogen and oxygen atoms in total. The van der Waals surface area contributed by atoms with Crippen LogP contribution >= 0.6 is 0 Å². The summed E-state index contributed by atoms with van der Waals surface area (Å²) in [4.78, 5) is 7.73. The van der Waals surface area contributed by atoms with Crippen LogP contribution in [0.15, 0.2) is 36.5 Å². The third kappa shape index (κ3) is 2.70. The topological polar surface area (TPSA) is 40.7 Å². The quantitative estimate of drug-likeness (QED) is 0.751. The first-order chi connectivity index (χ1) is 7.90. The maximum atomic E-state index is 4.38. The molecule has 0 atom stereocenters. The van der Waals surface area contributed by atoms with Crippen LogP contribution < -0.4 is 5.32 Å². The molecule has 0 aliphatic carbocycles. The molecule has 1 aromatic heterocycles. The number of hydrogen-bond donors (Lipinski definition) is 2. The minimum atomic E-state index is 0.994. The van der Waals surface area contributed by atoms with Crippen molar-refractivity contribution in [1.29, 1.82) is 0 Å². The fourth-order valence-electron chi connectivity index (χ4n) is 1.69. The van der Waals surface area contributed by atoms with Crippen LogP contribution in [0.5, 0.6) is 0 Å². The number of nitrogens with zero attached hydrogens (tertiary/aromatic N) is 1. The van der Waals surface area contributed by atoms with Gasteiger partial charge in [-0.25, -0.2) is 4.98 Å². The number of nitrogens with one attached hydrogen (secondary N) is 2. The highest BCUT2D eigenvalue weighted by Crippen LogP contribution is 2.16. The molecule has 84 valence electrons. The molecule has 1 heterocycles. The molecule has 2 rings (SSSR count). The van der Waals surface area contributed by atoms with E-state index in [2.05, 4.69) is 27.4 Å². The molecule has 0 amide bonds. The number of hydrogen-bond acceptors (Lipinski definition) is 2. The van der Waals surface area contributed by atoms with E-state index in [-0.39, 0.29) is 0 Å². The number of imidazole rings is 1. The Kier molecular flexibility index (Phi) is 3.72. The summed E-state index contributed by atoms with van der Waals surface area (Å²) in [7, 11) is 1.97. The van der Waals surface area contributed by atoms with Gasteiger partial charge < -0.3 is 10.3 Å². The maximum Gasteiger partial charge on any atom is 0.106 e. The second-order valence-electron chi connectivity index (χ2n) is 3.82. The van der Waals surface area contributed by atoms with Gasteiger partial charge in [0.25, 0.3) is 0 Å². The lowest BCUT2D eigenvalue weighted by Crippen LogP contribution is -2.08. The van der Waals surface area contributed by atoms with E-state index in [0.29, 0.717) is 0 Å². The van der Waals surface area contributed by atoms with Gasteiger partial charge in [0.15, 0.2) is 0 Å². The molecule has 0 unspecified atom stereocenters. The standard InChI is InChI=1S/C13H17N3/c1-14-9-5-8-13-15-10-12(16-13)11-6-3-2-4-7-11/h2-4,6-7,10,14H,5,8-9H2,1H3,(H,15,16). The van der Waals surface area contributed by atoms with E-state index < -0.39 is 0 Å². The third-order valence-electron chi connectivity index (χ3n) is 2.55. The summed E-state index contributed by atoms with van der Waals surface area (Å²) in [5, 5.41) is 3.13. The predicted octanol–water partition coefficient (Wildman–Crippen LogP) is 2.23. The van der Waals surface area contributed by atoms with Crippen LogP contribution in [0.4, 0.5) is 0 Å². The van der Waals surface area contributed by atoms with Crippen molar-refractivity contribution in [2.75, 3.05) is 13.6 Å². The summed E-state index contributed by atoms with van der Waals surface area (Å²) in [6.45, 7) is 1.03. The Morgan fingerprint density at radius 3 is 2.81 bits per heavy atom. The van der Waals surface area contributed by atoms with Gasteiger partial charge in [0.05, 0.1) is 11.9 Å². The zero-order valence-corrected chi connectivity index (χ0v) is 9.53. The van der Waals surface area contributed by atoms with Crippen molar-refractivity contribution in [3.05, 3.63) is 42.4 Å². The first-order valence-electron chi connectivity index (χ1n) is 5.64. The van der Waals surface area contributed by atoms with Crippen LogP contribution in [0.1, 0.15) is 12.2 Å². The van der Waals surface area contributed by atoms with Crippen LogP contribution in [-0.4, -0.2) is 23.6 Å². The van der Waals surface area contributed by atoms with E-state index in [0.717, 1.165) is 30.9 Å². The highest BCUT2D eigenvalue weighted by atomic mass is 14.9. The van der Waals surface area contributed by atoms with Crippen LogP contribution in [-0.2, 0) is 6.42 Å².